The van der Waals surface area contributed by atoms with Gasteiger partial charge in [0.25, 0.3) is 11.7 Å². The van der Waals surface area contributed by atoms with Gasteiger partial charge in [0.1, 0.15) is 23.4 Å². The van der Waals surface area contributed by atoms with Gasteiger partial charge in [-0.05, 0) is 19.9 Å². The molecule has 1 saturated heterocycles. The molecule has 316 valence electrons. The van der Waals surface area contributed by atoms with Crippen molar-refractivity contribution in [2.75, 3.05) is 38.4 Å². The highest BCUT2D eigenvalue weighted by Crippen LogP contribution is 2.55. The van der Waals surface area contributed by atoms with Gasteiger partial charge in [0.15, 0.2) is 5.75 Å². The number of esters is 1. The van der Waals surface area contributed by atoms with E-state index in [1.165, 1.54) is 53.0 Å². The number of Topliss-reactive ketones (excluding diaryl/α,β-unsaturated/α-hetero) is 1. The molecule has 1 fully saturated rings. The van der Waals surface area contributed by atoms with E-state index in [0.717, 1.165) is 6.26 Å². The summed E-state index contributed by atoms with van der Waals surface area (Å²) in [6.07, 6.45) is 2.97. The van der Waals surface area contributed by atoms with Crippen LogP contribution in [0.5, 0.6) is 23.0 Å². The molecule has 9 atom stereocenters. The van der Waals surface area contributed by atoms with Crippen LogP contribution in [0.1, 0.15) is 80.9 Å². The molecular formula is C42H56N4O12. The maximum absolute atomic E-state index is 14.5. The Morgan fingerprint density at radius 2 is 1.67 bits per heavy atom. The maximum atomic E-state index is 14.5. The summed E-state index contributed by atoms with van der Waals surface area (Å²) in [6, 6.07) is 0. The number of carbonyl (C=O) groups is 3. The van der Waals surface area contributed by atoms with Gasteiger partial charge in [-0.1, -0.05) is 45.9 Å². The number of rotatable bonds is 4. The number of hydrogen-bond acceptors (Lipinski definition) is 15. The number of allylic oxidation sites excluding steroid dienone is 2. The highest BCUT2D eigenvalue weighted by molar-refractivity contribution is 6.23. The molecule has 2 aromatic carbocycles. The van der Waals surface area contributed by atoms with Crippen molar-refractivity contribution < 1.29 is 69.8 Å². The lowest BCUT2D eigenvalue weighted by Gasteiger charge is -2.38. The van der Waals surface area contributed by atoms with Crippen molar-refractivity contribution >= 4 is 40.3 Å². The summed E-state index contributed by atoms with van der Waals surface area (Å²) < 4.78 is 89.9. The second-order valence-corrected chi connectivity index (χ2v) is 14.8. The minimum Gasteiger partial charge on any atom is -0.507 e. The summed E-state index contributed by atoms with van der Waals surface area (Å²) in [5.41, 5.74) is -2.14. The number of ketones is 1. The number of aliphatic hydroxyl groups is 2. The first-order chi connectivity index (χ1) is 30.3. The fourth-order valence-electron chi connectivity index (χ4n) is 7.27. The Balaban J connectivity index is 1.79. The molecule has 6 rings (SSSR count). The summed E-state index contributed by atoms with van der Waals surface area (Å²) in [5, 5.41) is 65.1. The lowest BCUT2D eigenvalue weighted by molar-refractivity contribution is -0.160. The van der Waals surface area contributed by atoms with Crippen LogP contribution in [0.25, 0.3) is 10.8 Å². The monoisotopic (exact) mass is 816 g/mol. The first-order valence-corrected chi connectivity index (χ1v) is 18.5. The summed E-state index contributed by atoms with van der Waals surface area (Å²) >= 11 is 0. The van der Waals surface area contributed by atoms with Crippen molar-refractivity contribution in [3.05, 3.63) is 52.8 Å². The van der Waals surface area contributed by atoms with Crippen molar-refractivity contribution in [2.24, 2.45) is 28.8 Å². The third-order valence-corrected chi connectivity index (χ3v) is 10.8. The second-order valence-electron chi connectivity index (χ2n) is 14.8. The van der Waals surface area contributed by atoms with Gasteiger partial charge in [-0.15, -0.1) is 0 Å². The topological polar surface area (TPSA) is 229 Å². The molecule has 4 heterocycles. The minimum atomic E-state index is -3.45. The van der Waals surface area contributed by atoms with Gasteiger partial charge in [0.05, 0.1) is 58.5 Å². The molecule has 2 aromatic rings. The number of hydrazone groups is 1. The van der Waals surface area contributed by atoms with Crippen LogP contribution < -0.4 is 15.4 Å². The summed E-state index contributed by atoms with van der Waals surface area (Å²) in [5.74, 6) is -10.9. The summed E-state index contributed by atoms with van der Waals surface area (Å²) in [7, 11) is 1.36. The van der Waals surface area contributed by atoms with E-state index in [-0.39, 0.29) is 21.9 Å². The van der Waals surface area contributed by atoms with E-state index < -0.39 is 142 Å². The first kappa shape index (κ1) is 33.8. The number of amides is 1. The smallest absolute Gasteiger partial charge is 0.312 e. The molecule has 0 spiro atoms. The molecular weight excluding hydrogens is 752 g/mol. The molecule has 0 aromatic heterocycles. The number of aromatic hydroxyl groups is 3. The van der Waals surface area contributed by atoms with E-state index in [2.05, 4.69) is 10.4 Å². The molecule has 4 aliphatic rings. The number of phenols is 3. The number of anilines is 1. The highest BCUT2D eigenvalue weighted by atomic mass is 16.7. The van der Waals surface area contributed by atoms with Crippen molar-refractivity contribution in [2.45, 2.75) is 85.6 Å². The molecule has 0 unspecified atom stereocenters. The molecule has 0 aliphatic carbocycles. The zero-order valence-corrected chi connectivity index (χ0v) is 33.6. The normalized spacial score (nSPS) is 37.6. The Kier molecular flexibility index (Phi) is 10.3. The van der Waals surface area contributed by atoms with Crippen LogP contribution in [0, 0.1) is 30.6 Å². The zero-order valence-electron chi connectivity index (χ0n) is 41.6. The first-order valence-electron chi connectivity index (χ1n) is 22.5. The predicted molar refractivity (Wildman–Crippen MR) is 216 cm³/mol. The van der Waals surface area contributed by atoms with Crippen LogP contribution in [0.2, 0.25) is 0 Å². The Labute approximate surface area is 349 Å². The second kappa shape index (κ2) is 17.8. The van der Waals surface area contributed by atoms with E-state index in [0.29, 0.717) is 6.21 Å². The zero-order chi connectivity index (χ0) is 50.0. The molecule has 16 heteroatoms. The van der Waals surface area contributed by atoms with E-state index in [1.54, 1.807) is 39.1 Å². The van der Waals surface area contributed by atoms with Crippen LogP contribution in [0.4, 0.5) is 5.69 Å². The largest absolute Gasteiger partial charge is 0.507 e. The minimum absolute atomic E-state index is 0.0630. The van der Waals surface area contributed by atoms with Gasteiger partial charge >= 0.3 is 11.8 Å². The van der Waals surface area contributed by atoms with Crippen LogP contribution in [0.3, 0.4) is 0 Å². The van der Waals surface area contributed by atoms with Crippen LogP contribution in [-0.4, -0.2) is 118 Å². The van der Waals surface area contributed by atoms with Gasteiger partial charge in [-0.3, -0.25) is 19.4 Å². The van der Waals surface area contributed by atoms with Crippen molar-refractivity contribution in [3.8, 4) is 23.0 Å². The fraction of sp³-hybridized carbons (Fsp3) is 0.524. The Morgan fingerprint density at radius 1 is 1.00 bits per heavy atom. The van der Waals surface area contributed by atoms with Crippen LogP contribution in [0.15, 0.2) is 41.2 Å². The van der Waals surface area contributed by atoms with E-state index >= 15 is 0 Å². The third-order valence-electron chi connectivity index (χ3n) is 10.8. The van der Waals surface area contributed by atoms with E-state index in [9.17, 15) is 39.9 Å². The molecule has 4 aliphatic heterocycles. The Morgan fingerprint density at radius 3 is 2.31 bits per heavy atom. The van der Waals surface area contributed by atoms with Gasteiger partial charge in [0, 0.05) is 92.6 Å². The molecule has 0 saturated carbocycles. The molecule has 7 N–H and O–H groups in total. The number of nitrogens with one attached hydrogen (secondary N) is 2. The lowest BCUT2D eigenvalue weighted by Crippen LogP contribution is -2.46. The number of benzene rings is 2. The van der Waals surface area contributed by atoms with Crippen molar-refractivity contribution in [1.29, 1.82) is 0 Å². The number of methoxy groups -OCH3 is 1. The predicted octanol–water partition coefficient (Wildman–Crippen LogP) is 3.99. The summed E-state index contributed by atoms with van der Waals surface area (Å²) in [4.78, 5) is 40.7. The van der Waals surface area contributed by atoms with Gasteiger partial charge in [-0.25, -0.2) is 0 Å². The number of hydrogen-bond donors (Lipinski definition) is 7. The molecule has 16 nitrogen and oxygen atoms in total. The highest BCUT2D eigenvalue weighted by Gasteiger charge is 2.50. The molecule has 58 heavy (non-hydrogen) atoms. The maximum Gasteiger partial charge on any atom is 0.312 e. The van der Waals surface area contributed by atoms with Crippen molar-refractivity contribution in [3.63, 3.8) is 0 Å². The van der Waals surface area contributed by atoms with Gasteiger partial charge < -0.3 is 55.1 Å². The number of piperazine rings is 1. The van der Waals surface area contributed by atoms with Crippen LogP contribution in [-0.2, 0) is 23.8 Å². The number of fused-ring (bicyclic) bond motifs is 14. The van der Waals surface area contributed by atoms with Crippen molar-refractivity contribution in [1.82, 2.24) is 10.3 Å². The quantitative estimate of drug-likeness (QED) is 0.100. The molecule has 5 bridgehead atoms. The molecule has 0 radical (unpaired) electrons. The van der Waals surface area contributed by atoms with E-state index in [4.69, 9.17) is 29.9 Å². The molecule has 1 amide bonds. The van der Waals surface area contributed by atoms with E-state index in [1.807, 2.05) is 0 Å². The number of aliphatic hydroxyl groups excluding tert-OH is 2. The number of nitrogens with zero attached hydrogens (tertiary/aromatic N) is 2. The SMILES string of the molecule is [2H]C1([2H])NC([2H])([2H])C([2H])([2H])N(/N=C/c2c3c(O)c4c(O)c(C)c5c(c4c2O)C(=O)[C@@](C)(O/C=C/[C@H](OC)[C@@H](C)[C@@H](OC(C)=O)[C@H](C)[C@H](O)[C@H](C)[C@@H](O)[C@@H](C)/C=C/C=C(\C)C(=O)N3)O5)C1([2H])[2H]. The number of phenolic OH excluding ortho intramolecular Hbond substituents is 3. The third kappa shape index (κ3) is 8.51. The number of ether oxygens (including phenoxy) is 4. The fourth-order valence-corrected chi connectivity index (χ4v) is 7.27. The average molecular weight is 817 g/mol. The van der Waals surface area contributed by atoms with Gasteiger partial charge in [0.2, 0.25) is 0 Å². The van der Waals surface area contributed by atoms with Gasteiger partial charge in [-0.2, -0.15) is 5.10 Å². The summed E-state index contributed by atoms with van der Waals surface area (Å²) in [6.45, 7) is -1.80. The lowest BCUT2D eigenvalue weighted by atomic mass is 9.78. The average Bonchev–Trinajstić information content (AvgIpc) is 3.48. The standard InChI is InChI=1S/C42H56N4O12/c1-20-11-10-12-21(2)41(54)45-32-27(19-44-46-16-14-43-15-17-46)36(51)29-30(37(32)52)35(50)25(6)39-31(29)40(53)42(8,58-39)56-18-13-28(55-9)22(3)38(57-26(7)47)24(5)34(49)23(4)33(20)48/h10-13,18-20,22-24,28,33-34,38,43,48-52H,14-17H2,1-9H3,(H,45,54)/b11-10+,18-13+,21-12+,44-19+/t20-,22+,23+,24+,28-,33-,34+,38+,42-/m0/s1/i14D2,15D2,16D2,17D2. The number of carbonyl (C=O) groups excluding carboxylic acids is 3. The Bertz CT molecular complexity index is 2390. The van der Waals surface area contributed by atoms with Crippen LogP contribution >= 0.6 is 0 Å². The Hall–Kier alpha value is -5.16.